The van der Waals surface area contributed by atoms with Gasteiger partial charge in [-0.2, -0.15) is 0 Å². The Kier molecular flexibility index (Phi) is 6.80. The number of nitrogens with zero attached hydrogens (tertiary/aromatic N) is 1. The molecule has 0 bridgehead atoms. The Labute approximate surface area is 165 Å². The molecular formula is C20H24N2O5S. The van der Waals surface area contributed by atoms with Crippen LogP contribution in [0.1, 0.15) is 28.4 Å². The number of carbonyl (C=O) groups excluding carboxylic acids is 2. The van der Waals surface area contributed by atoms with Crippen molar-refractivity contribution >= 4 is 33.3 Å². The van der Waals surface area contributed by atoms with Crippen molar-refractivity contribution in [2.24, 2.45) is 0 Å². The van der Waals surface area contributed by atoms with Gasteiger partial charge in [0.2, 0.25) is 15.9 Å². The van der Waals surface area contributed by atoms with Gasteiger partial charge in [-0.05, 0) is 56.2 Å². The van der Waals surface area contributed by atoms with Crippen LogP contribution in [0.3, 0.4) is 0 Å². The zero-order valence-corrected chi connectivity index (χ0v) is 17.2. The third kappa shape index (κ3) is 5.32. The number of nitrogens with one attached hydrogen (secondary N) is 1. The number of amides is 1. The van der Waals surface area contributed by atoms with Crippen molar-refractivity contribution in [2.45, 2.75) is 20.8 Å². The molecule has 0 radical (unpaired) electrons. The molecule has 2 rings (SSSR count). The Balaban J connectivity index is 2.24. The fourth-order valence-electron chi connectivity index (χ4n) is 2.70. The van der Waals surface area contributed by atoms with Gasteiger partial charge < -0.3 is 10.1 Å². The van der Waals surface area contributed by atoms with Crippen LogP contribution in [0.2, 0.25) is 0 Å². The lowest BCUT2D eigenvalue weighted by atomic mass is 10.1. The van der Waals surface area contributed by atoms with E-state index in [1.807, 2.05) is 13.0 Å². The molecule has 0 spiro atoms. The number of hydrogen-bond acceptors (Lipinski definition) is 5. The molecule has 0 aliphatic carbocycles. The molecule has 150 valence electrons. The first-order valence-electron chi connectivity index (χ1n) is 8.74. The number of sulfonamides is 1. The van der Waals surface area contributed by atoms with Crippen molar-refractivity contribution in [1.82, 2.24) is 0 Å². The number of benzene rings is 2. The highest BCUT2D eigenvalue weighted by Crippen LogP contribution is 2.22. The number of ether oxygens (including phenoxy) is 1. The van der Waals surface area contributed by atoms with Gasteiger partial charge in [0.05, 0.1) is 24.1 Å². The molecular weight excluding hydrogens is 380 g/mol. The lowest BCUT2D eigenvalue weighted by Gasteiger charge is -2.22. The molecule has 0 fully saturated rings. The van der Waals surface area contributed by atoms with Gasteiger partial charge in [0, 0.05) is 5.69 Å². The Morgan fingerprint density at radius 2 is 1.79 bits per heavy atom. The van der Waals surface area contributed by atoms with E-state index in [9.17, 15) is 18.0 Å². The SMILES string of the molecule is CCOC(=O)c1cccc(NC(=O)CN(c2cccc(C)c2)S(C)(=O)=O)c1C. The highest BCUT2D eigenvalue weighted by molar-refractivity contribution is 7.92. The van der Waals surface area contributed by atoms with E-state index in [2.05, 4.69) is 5.32 Å². The highest BCUT2D eigenvalue weighted by atomic mass is 32.2. The minimum absolute atomic E-state index is 0.245. The second-order valence-corrected chi connectivity index (χ2v) is 8.26. The Morgan fingerprint density at radius 3 is 2.39 bits per heavy atom. The first-order chi connectivity index (χ1) is 13.1. The number of rotatable bonds is 7. The fourth-order valence-corrected chi connectivity index (χ4v) is 3.55. The molecule has 0 saturated heterocycles. The van der Waals surface area contributed by atoms with E-state index in [1.54, 1.807) is 50.2 Å². The zero-order chi connectivity index (χ0) is 20.9. The summed E-state index contributed by atoms with van der Waals surface area (Å²) < 4.78 is 30.4. The van der Waals surface area contributed by atoms with Crippen LogP contribution in [0.25, 0.3) is 0 Å². The van der Waals surface area contributed by atoms with Crippen LogP contribution in [-0.4, -0.2) is 39.7 Å². The molecule has 8 heteroatoms. The first-order valence-corrected chi connectivity index (χ1v) is 10.6. The maximum atomic E-state index is 12.6. The van der Waals surface area contributed by atoms with E-state index in [1.165, 1.54) is 0 Å². The molecule has 0 unspecified atom stereocenters. The molecule has 2 aromatic carbocycles. The van der Waals surface area contributed by atoms with Crippen molar-refractivity contribution in [1.29, 1.82) is 0 Å². The molecule has 28 heavy (non-hydrogen) atoms. The summed E-state index contributed by atoms with van der Waals surface area (Å²) in [4.78, 5) is 24.6. The standard InChI is InChI=1S/C20H24N2O5S/c1-5-27-20(24)17-10-7-11-18(15(17)3)21-19(23)13-22(28(4,25)26)16-9-6-8-14(2)12-16/h6-12H,5,13H2,1-4H3,(H,21,23). The van der Waals surface area contributed by atoms with E-state index < -0.39 is 21.9 Å². The smallest absolute Gasteiger partial charge is 0.338 e. The lowest BCUT2D eigenvalue weighted by Crippen LogP contribution is -2.37. The summed E-state index contributed by atoms with van der Waals surface area (Å²) in [7, 11) is -3.66. The van der Waals surface area contributed by atoms with Gasteiger partial charge in [0.15, 0.2) is 0 Å². The van der Waals surface area contributed by atoms with Crippen LogP contribution in [0.4, 0.5) is 11.4 Å². The molecule has 0 aromatic heterocycles. The first kappa shape index (κ1) is 21.4. The van der Waals surface area contributed by atoms with Crippen LogP contribution in [-0.2, 0) is 19.6 Å². The maximum Gasteiger partial charge on any atom is 0.338 e. The number of carbonyl (C=O) groups is 2. The Morgan fingerprint density at radius 1 is 1.11 bits per heavy atom. The fraction of sp³-hybridized carbons (Fsp3) is 0.300. The highest BCUT2D eigenvalue weighted by Gasteiger charge is 2.22. The quantitative estimate of drug-likeness (QED) is 0.717. The number of esters is 1. The van der Waals surface area contributed by atoms with Gasteiger partial charge in [0.25, 0.3) is 0 Å². The number of hydrogen-bond donors (Lipinski definition) is 1. The second-order valence-electron chi connectivity index (χ2n) is 6.36. The minimum Gasteiger partial charge on any atom is -0.462 e. The predicted octanol–water partition coefficient (Wildman–Crippen LogP) is 2.88. The summed E-state index contributed by atoms with van der Waals surface area (Å²) in [6.07, 6.45) is 1.05. The van der Waals surface area contributed by atoms with E-state index in [0.717, 1.165) is 16.1 Å². The normalized spacial score (nSPS) is 11.0. The summed E-state index contributed by atoms with van der Waals surface area (Å²) in [5, 5.41) is 2.68. The lowest BCUT2D eigenvalue weighted by molar-refractivity contribution is -0.114. The summed E-state index contributed by atoms with van der Waals surface area (Å²) in [5.41, 5.74) is 2.61. The molecule has 1 amide bonds. The van der Waals surface area contributed by atoms with Crippen molar-refractivity contribution in [3.63, 3.8) is 0 Å². The number of aryl methyl sites for hydroxylation is 1. The molecule has 0 atom stereocenters. The summed E-state index contributed by atoms with van der Waals surface area (Å²) in [5.74, 6) is -0.996. The number of anilines is 2. The van der Waals surface area contributed by atoms with Crippen LogP contribution in [0.5, 0.6) is 0 Å². The molecule has 0 aliphatic rings. The van der Waals surface area contributed by atoms with Gasteiger partial charge in [-0.1, -0.05) is 18.2 Å². The molecule has 0 saturated carbocycles. The van der Waals surface area contributed by atoms with E-state index in [4.69, 9.17) is 4.74 Å². The summed E-state index contributed by atoms with van der Waals surface area (Å²) in [6, 6.07) is 11.8. The molecule has 0 aliphatic heterocycles. The van der Waals surface area contributed by atoms with Crippen molar-refractivity contribution in [3.8, 4) is 0 Å². The average Bonchev–Trinajstić information content (AvgIpc) is 2.60. The third-order valence-corrected chi connectivity index (χ3v) is 5.22. The van der Waals surface area contributed by atoms with E-state index in [0.29, 0.717) is 22.5 Å². The zero-order valence-electron chi connectivity index (χ0n) is 16.4. The molecule has 0 heterocycles. The Hall–Kier alpha value is -2.87. The van der Waals surface area contributed by atoms with E-state index in [-0.39, 0.29) is 13.2 Å². The van der Waals surface area contributed by atoms with Crippen LogP contribution >= 0.6 is 0 Å². The van der Waals surface area contributed by atoms with Crippen molar-refractivity contribution in [2.75, 3.05) is 29.0 Å². The van der Waals surface area contributed by atoms with Crippen LogP contribution in [0.15, 0.2) is 42.5 Å². The predicted molar refractivity (Wildman–Crippen MR) is 109 cm³/mol. The van der Waals surface area contributed by atoms with Gasteiger partial charge in [-0.15, -0.1) is 0 Å². The van der Waals surface area contributed by atoms with E-state index >= 15 is 0 Å². The molecule has 1 N–H and O–H groups in total. The molecule has 2 aromatic rings. The van der Waals surface area contributed by atoms with Gasteiger partial charge >= 0.3 is 5.97 Å². The third-order valence-electron chi connectivity index (χ3n) is 4.08. The minimum atomic E-state index is -3.66. The monoisotopic (exact) mass is 404 g/mol. The van der Waals surface area contributed by atoms with Crippen LogP contribution < -0.4 is 9.62 Å². The van der Waals surface area contributed by atoms with Gasteiger partial charge in [-0.3, -0.25) is 9.10 Å². The van der Waals surface area contributed by atoms with Crippen molar-refractivity contribution in [3.05, 3.63) is 59.2 Å². The second kappa shape index (κ2) is 8.88. The van der Waals surface area contributed by atoms with Crippen molar-refractivity contribution < 1.29 is 22.7 Å². The van der Waals surface area contributed by atoms with Crippen LogP contribution in [0, 0.1) is 13.8 Å². The molecule has 7 nitrogen and oxygen atoms in total. The van der Waals surface area contributed by atoms with Gasteiger partial charge in [-0.25, -0.2) is 13.2 Å². The summed E-state index contributed by atoms with van der Waals surface area (Å²) in [6.45, 7) is 5.11. The maximum absolute atomic E-state index is 12.6. The Bertz CT molecular complexity index is 986. The largest absolute Gasteiger partial charge is 0.462 e. The summed E-state index contributed by atoms with van der Waals surface area (Å²) >= 11 is 0. The average molecular weight is 404 g/mol. The van der Waals surface area contributed by atoms with Gasteiger partial charge in [0.1, 0.15) is 6.54 Å². The topological polar surface area (TPSA) is 92.8 Å².